The molecule has 0 radical (unpaired) electrons. The molecule has 0 spiro atoms. The zero-order valence-corrected chi connectivity index (χ0v) is 11.1. The Labute approximate surface area is 108 Å². The van der Waals surface area contributed by atoms with E-state index < -0.39 is 10.0 Å². The van der Waals surface area contributed by atoms with E-state index in [0.29, 0.717) is 18.2 Å². The second kappa shape index (κ2) is 4.16. The number of nitrogens with two attached hydrogens (primary N) is 1. The van der Waals surface area contributed by atoms with Crippen LogP contribution in [0.1, 0.15) is 24.8 Å². The number of anilines is 2. The van der Waals surface area contributed by atoms with Gasteiger partial charge in [0, 0.05) is 12.2 Å². The summed E-state index contributed by atoms with van der Waals surface area (Å²) in [5, 5.41) is 0. The predicted octanol–water partition coefficient (Wildman–Crippen LogP) is 1.76. The SMILES string of the molecule is Nc1ccc2c(c1)CCN2S(=O)(=O)CCC1CC1. The number of nitrogen functional groups attached to an aromatic ring is 1. The third kappa shape index (κ3) is 2.19. The maximum Gasteiger partial charge on any atom is 0.235 e. The van der Waals surface area contributed by atoms with Gasteiger partial charge < -0.3 is 5.73 Å². The fourth-order valence-corrected chi connectivity index (χ4v) is 4.21. The van der Waals surface area contributed by atoms with Crippen LogP contribution in [0.5, 0.6) is 0 Å². The molecular weight excluding hydrogens is 248 g/mol. The lowest BCUT2D eigenvalue weighted by molar-refractivity contribution is 0.586. The lowest BCUT2D eigenvalue weighted by atomic mass is 10.1. The third-order valence-electron chi connectivity index (χ3n) is 3.77. The van der Waals surface area contributed by atoms with Gasteiger partial charge in [-0.2, -0.15) is 0 Å². The number of hydrogen-bond acceptors (Lipinski definition) is 3. The minimum atomic E-state index is -3.15. The number of nitrogens with zero attached hydrogens (tertiary/aromatic N) is 1. The highest BCUT2D eigenvalue weighted by atomic mass is 32.2. The van der Waals surface area contributed by atoms with Crippen LogP contribution in [0.25, 0.3) is 0 Å². The molecule has 18 heavy (non-hydrogen) atoms. The number of hydrogen-bond donors (Lipinski definition) is 1. The van der Waals surface area contributed by atoms with E-state index in [4.69, 9.17) is 5.73 Å². The Kier molecular flexibility index (Phi) is 2.73. The summed E-state index contributed by atoms with van der Waals surface area (Å²) in [6.07, 6.45) is 3.97. The van der Waals surface area contributed by atoms with Crippen molar-refractivity contribution in [1.82, 2.24) is 0 Å². The summed E-state index contributed by atoms with van der Waals surface area (Å²) in [6.45, 7) is 0.561. The molecule has 1 aliphatic heterocycles. The minimum Gasteiger partial charge on any atom is -0.399 e. The van der Waals surface area contributed by atoms with Crippen molar-refractivity contribution in [2.24, 2.45) is 5.92 Å². The average Bonchev–Trinajstić information content (AvgIpc) is 3.05. The normalized spacial score (nSPS) is 19.0. The first-order valence-corrected chi connectivity index (χ1v) is 8.06. The largest absolute Gasteiger partial charge is 0.399 e. The fraction of sp³-hybridized carbons (Fsp3) is 0.538. The molecule has 2 aliphatic rings. The van der Waals surface area contributed by atoms with E-state index in [0.717, 1.165) is 24.1 Å². The van der Waals surface area contributed by atoms with Gasteiger partial charge >= 0.3 is 0 Å². The second-order valence-electron chi connectivity index (χ2n) is 5.26. The van der Waals surface area contributed by atoms with Gasteiger partial charge in [0.05, 0.1) is 11.4 Å². The molecule has 0 atom stereocenters. The lowest BCUT2D eigenvalue weighted by Gasteiger charge is -2.19. The number of sulfonamides is 1. The zero-order chi connectivity index (χ0) is 12.8. The van der Waals surface area contributed by atoms with Gasteiger partial charge in [0.15, 0.2) is 0 Å². The monoisotopic (exact) mass is 266 g/mol. The molecular formula is C13H18N2O2S. The topological polar surface area (TPSA) is 63.4 Å². The van der Waals surface area contributed by atoms with Crippen LogP contribution in [0.15, 0.2) is 18.2 Å². The zero-order valence-electron chi connectivity index (χ0n) is 10.3. The molecule has 1 aromatic rings. The number of fused-ring (bicyclic) bond motifs is 1. The Morgan fingerprint density at radius 2 is 2.11 bits per heavy atom. The van der Waals surface area contributed by atoms with Crippen LogP contribution >= 0.6 is 0 Å². The Morgan fingerprint density at radius 3 is 2.83 bits per heavy atom. The van der Waals surface area contributed by atoms with E-state index in [9.17, 15) is 8.42 Å². The summed E-state index contributed by atoms with van der Waals surface area (Å²) < 4.78 is 26.2. The highest BCUT2D eigenvalue weighted by Gasteiger charge is 2.31. The Bertz CT molecular complexity index is 564. The van der Waals surface area contributed by atoms with Gasteiger partial charge in [-0.1, -0.05) is 12.8 Å². The van der Waals surface area contributed by atoms with Crippen molar-refractivity contribution >= 4 is 21.4 Å². The molecule has 4 nitrogen and oxygen atoms in total. The molecule has 0 amide bonds. The molecule has 0 saturated heterocycles. The highest BCUT2D eigenvalue weighted by molar-refractivity contribution is 7.92. The van der Waals surface area contributed by atoms with Crippen LogP contribution in [-0.2, 0) is 16.4 Å². The molecule has 0 bridgehead atoms. The molecule has 1 saturated carbocycles. The molecule has 98 valence electrons. The molecule has 1 fully saturated rings. The van der Waals surface area contributed by atoms with E-state index in [1.54, 1.807) is 10.4 Å². The summed E-state index contributed by atoms with van der Waals surface area (Å²) in [5.41, 5.74) is 8.29. The maximum atomic E-state index is 12.3. The Balaban J connectivity index is 1.81. The quantitative estimate of drug-likeness (QED) is 0.845. The fourth-order valence-electron chi connectivity index (χ4n) is 2.51. The first-order valence-electron chi connectivity index (χ1n) is 6.45. The van der Waals surface area contributed by atoms with Crippen molar-refractivity contribution in [3.63, 3.8) is 0 Å². The Hall–Kier alpha value is -1.23. The maximum absolute atomic E-state index is 12.3. The summed E-state index contributed by atoms with van der Waals surface area (Å²) in [5.74, 6) is 0.926. The van der Waals surface area contributed by atoms with Gasteiger partial charge in [-0.15, -0.1) is 0 Å². The van der Waals surface area contributed by atoms with Crippen molar-refractivity contribution in [2.75, 3.05) is 22.3 Å². The van der Waals surface area contributed by atoms with Crippen LogP contribution in [0.3, 0.4) is 0 Å². The highest BCUT2D eigenvalue weighted by Crippen LogP contribution is 2.35. The van der Waals surface area contributed by atoms with Gasteiger partial charge in [0.1, 0.15) is 0 Å². The summed E-state index contributed by atoms with van der Waals surface area (Å²) >= 11 is 0. The van der Waals surface area contributed by atoms with Crippen molar-refractivity contribution < 1.29 is 8.42 Å². The van der Waals surface area contributed by atoms with Gasteiger partial charge in [-0.25, -0.2) is 8.42 Å². The second-order valence-corrected chi connectivity index (χ2v) is 7.27. The van der Waals surface area contributed by atoms with Gasteiger partial charge in [0.2, 0.25) is 10.0 Å². The van der Waals surface area contributed by atoms with Crippen molar-refractivity contribution in [3.8, 4) is 0 Å². The Morgan fingerprint density at radius 1 is 1.33 bits per heavy atom. The van der Waals surface area contributed by atoms with Gasteiger partial charge in [-0.3, -0.25) is 4.31 Å². The average molecular weight is 266 g/mol. The smallest absolute Gasteiger partial charge is 0.235 e. The summed E-state index contributed by atoms with van der Waals surface area (Å²) in [6, 6.07) is 5.48. The van der Waals surface area contributed by atoms with E-state index in [1.165, 1.54) is 12.8 Å². The molecule has 2 N–H and O–H groups in total. The van der Waals surface area contributed by atoms with Crippen molar-refractivity contribution in [2.45, 2.75) is 25.7 Å². The lowest BCUT2D eigenvalue weighted by Crippen LogP contribution is -2.31. The van der Waals surface area contributed by atoms with Gasteiger partial charge in [-0.05, 0) is 42.5 Å². The van der Waals surface area contributed by atoms with Crippen molar-refractivity contribution in [3.05, 3.63) is 23.8 Å². The molecule has 0 unspecified atom stereocenters. The van der Waals surface area contributed by atoms with Crippen LogP contribution in [0, 0.1) is 5.92 Å². The number of rotatable bonds is 4. The van der Waals surface area contributed by atoms with Gasteiger partial charge in [0.25, 0.3) is 0 Å². The molecule has 0 aromatic heterocycles. The predicted molar refractivity (Wildman–Crippen MR) is 73.0 cm³/mol. The third-order valence-corrected chi connectivity index (χ3v) is 5.58. The molecule has 1 aromatic carbocycles. The van der Waals surface area contributed by atoms with Crippen molar-refractivity contribution in [1.29, 1.82) is 0 Å². The van der Waals surface area contributed by atoms with Crippen LogP contribution in [0.2, 0.25) is 0 Å². The van der Waals surface area contributed by atoms with Crippen LogP contribution < -0.4 is 10.0 Å². The summed E-state index contributed by atoms with van der Waals surface area (Å²) in [4.78, 5) is 0. The van der Waals surface area contributed by atoms with E-state index in [2.05, 4.69) is 0 Å². The van der Waals surface area contributed by atoms with E-state index >= 15 is 0 Å². The van der Waals surface area contributed by atoms with E-state index in [1.807, 2.05) is 12.1 Å². The van der Waals surface area contributed by atoms with Crippen LogP contribution in [-0.4, -0.2) is 20.7 Å². The van der Waals surface area contributed by atoms with E-state index in [-0.39, 0.29) is 5.75 Å². The molecule has 5 heteroatoms. The van der Waals surface area contributed by atoms with Crippen LogP contribution in [0.4, 0.5) is 11.4 Å². The first-order chi connectivity index (χ1) is 8.56. The standard InChI is InChI=1S/C13H18N2O2S/c14-12-3-4-13-11(9-12)5-7-15(13)18(16,17)8-6-10-1-2-10/h3-4,9-10H,1-2,5-8,14H2. The summed E-state index contributed by atoms with van der Waals surface area (Å²) in [7, 11) is -3.15. The minimum absolute atomic E-state index is 0.279. The number of benzene rings is 1. The molecule has 1 heterocycles. The molecule has 3 rings (SSSR count). The first kappa shape index (κ1) is 11.8. The molecule has 1 aliphatic carbocycles.